The molecular weight excluding hydrogens is 286 g/mol. The van der Waals surface area contributed by atoms with Crippen LogP contribution in [-0.4, -0.2) is 37.2 Å². The molecule has 1 saturated heterocycles. The Bertz CT molecular complexity index is 439. The van der Waals surface area contributed by atoms with Crippen LogP contribution in [0.3, 0.4) is 0 Å². The topological polar surface area (TPSA) is 24.5 Å². The highest BCUT2D eigenvalue weighted by Gasteiger charge is 2.22. The van der Waals surface area contributed by atoms with E-state index in [9.17, 15) is 8.78 Å². The normalized spacial score (nSPS) is 19.0. The first-order valence-electron chi connectivity index (χ1n) is 6.78. The second-order valence-electron chi connectivity index (χ2n) is 4.84. The van der Waals surface area contributed by atoms with E-state index in [-0.39, 0.29) is 5.75 Å². The van der Waals surface area contributed by atoms with E-state index in [0.29, 0.717) is 23.2 Å². The highest BCUT2D eigenvalue weighted by Crippen LogP contribution is 2.27. The largest absolute Gasteiger partial charge is 0.434 e. The van der Waals surface area contributed by atoms with Gasteiger partial charge in [-0.3, -0.25) is 4.90 Å². The van der Waals surface area contributed by atoms with Crippen LogP contribution < -0.4 is 10.1 Å². The molecule has 1 aliphatic rings. The van der Waals surface area contributed by atoms with Gasteiger partial charge in [-0.2, -0.15) is 8.78 Å². The Hall–Kier alpha value is -0.910. The van der Waals surface area contributed by atoms with Crippen LogP contribution in [0.5, 0.6) is 5.75 Å². The Balaban J connectivity index is 2.14. The summed E-state index contributed by atoms with van der Waals surface area (Å²) in [5.74, 6) is 0.203. The summed E-state index contributed by atoms with van der Waals surface area (Å²) < 4.78 is 29.5. The van der Waals surface area contributed by atoms with Crippen molar-refractivity contribution in [2.45, 2.75) is 32.5 Å². The second-order valence-corrected chi connectivity index (χ2v) is 5.28. The summed E-state index contributed by atoms with van der Waals surface area (Å²) in [4.78, 5) is 2.25. The number of hydrogen-bond donors (Lipinski definition) is 1. The molecule has 112 valence electrons. The van der Waals surface area contributed by atoms with Crippen LogP contribution in [0.1, 0.15) is 18.9 Å². The summed E-state index contributed by atoms with van der Waals surface area (Å²) in [5.41, 5.74) is 0.701. The van der Waals surface area contributed by atoms with Gasteiger partial charge in [-0.25, -0.2) is 0 Å². The molecule has 2 rings (SSSR count). The van der Waals surface area contributed by atoms with E-state index in [1.807, 2.05) is 0 Å². The number of rotatable bonds is 6. The standard InChI is InChI=1S/C14H19ClF2N2O/c1-2-19(12-5-6-18-8-12)9-10-7-11(15)3-4-13(10)20-14(16)17/h3-4,7,12,14,18H,2,5-6,8-9H2,1H3. The van der Waals surface area contributed by atoms with Crippen molar-refractivity contribution in [1.29, 1.82) is 0 Å². The Morgan fingerprint density at radius 3 is 2.90 bits per heavy atom. The van der Waals surface area contributed by atoms with Gasteiger partial charge in [0.25, 0.3) is 0 Å². The fraction of sp³-hybridized carbons (Fsp3) is 0.571. The summed E-state index contributed by atoms with van der Waals surface area (Å²) in [6, 6.07) is 5.20. The lowest BCUT2D eigenvalue weighted by Gasteiger charge is -2.27. The van der Waals surface area contributed by atoms with Crippen LogP contribution in [-0.2, 0) is 6.54 Å². The van der Waals surface area contributed by atoms with Crippen molar-refractivity contribution in [2.24, 2.45) is 0 Å². The molecule has 1 N–H and O–H groups in total. The van der Waals surface area contributed by atoms with Crippen molar-refractivity contribution in [3.8, 4) is 5.75 Å². The third kappa shape index (κ3) is 4.04. The Labute approximate surface area is 122 Å². The number of likely N-dealkylation sites (N-methyl/N-ethyl adjacent to an activating group) is 1. The van der Waals surface area contributed by atoms with Gasteiger partial charge in [0.15, 0.2) is 0 Å². The fourth-order valence-electron chi connectivity index (χ4n) is 2.55. The van der Waals surface area contributed by atoms with E-state index in [1.165, 1.54) is 6.07 Å². The lowest BCUT2D eigenvalue weighted by Crippen LogP contribution is -2.36. The molecule has 0 saturated carbocycles. The average molecular weight is 305 g/mol. The molecule has 3 nitrogen and oxygen atoms in total. The number of halogens is 3. The summed E-state index contributed by atoms with van der Waals surface area (Å²) in [5, 5.41) is 3.84. The van der Waals surface area contributed by atoms with Crippen LogP contribution in [0.15, 0.2) is 18.2 Å². The van der Waals surface area contributed by atoms with Gasteiger partial charge >= 0.3 is 6.61 Å². The van der Waals surface area contributed by atoms with Gasteiger partial charge in [-0.1, -0.05) is 18.5 Å². The molecule has 0 spiro atoms. The van der Waals surface area contributed by atoms with Gasteiger partial charge in [0.2, 0.25) is 0 Å². The first kappa shape index (κ1) is 15.5. The van der Waals surface area contributed by atoms with E-state index in [2.05, 4.69) is 21.9 Å². The third-order valence-electron chi connectivity index (χ3n) is 3.57. The van der Waals surface area contributed by atoms with Crippen molar-refractivity contribution in [3.63, 3.8) is 0 Å². The summed E-state index contributed by atoms with van der Waals surface area (Å²) >= 11 is 5.97. The first-order chi connectivity index (χ1) is 9.60. The van der Waals surface area contributed by atoms with Crippen molar-refractivity contribution in [3.05, 3.63) is 28.8 Å². The van der Waals surface area contributed by atoms with Crippen molar-refractivity contribution in [1.82, 2.24) is 10.2 Å². The quantitative estimate of drug-likeness (QED) is 0.874. The van der Waals surface area contributed by atoms with Crippen molar-refractivity contribution < 1.29 is 13.5 Å². The Morgan fingerprint density at radius 1 is 1.50 bits per heavy atom. The molecule has 6 heteroatoms. The molecule has 1 fully saturated rings. The molecule has 1 atom stereocenters. The van der Waals surface area contributed by atoms with Gasteiger partial charge in [0.05, 0.1) is 0 Å². The molecule has 1 aromatic carbocycles. The molecule has 1 heterocycles. The molecular formula is C14H19ClF2N2O. The minimum absolute atomic E-state index is 0.203. The highest BCUT2D eigenvalue weighted by atomic mass is 35.5. The maximum Gasteiger partial charge on any atom is 0.387 e. The minimum Gasteiger partial charge on any atom is -0.434 e. The van der Waals surface area contributed by atoms with Crippen molar-refractivity contribution in [2.75, 3.05) is 19.6 Å². The highest BCUT2D eigenvalue weighted by molar-refractivity contribution is 6.30. The lowest BCUT2D eigenvalue weighted by atomic mass is 10.1. The van der Waals surface area contributed by atoms with E-state index < -0.39 is 6.61 Å². The molecule has 1 aromatic rings. The van der Waals surface area contributed by atoms with Crippen LogP contribution in [0.25, 0.3) is 0 Å². The van der Waals surface area contributed by atoms with E-state index in [1.54, 1.807) is 12.1 Å². The Kier molecular flexibility index (Phi) is 5.57. The lowest BCUT2D eigenvalue weighted by molar-refractivity contribution is -0.0508. The zero-order valence-electron chi connectivity index (χ0n) is 11.4. The average Bonchev–Trinajstić information content (AvgIpc) is 2.92. The number of nitrogens with zero attached hydrogens (tertiary/aromatic N) is 1. The van der Waals surface area contributed by atoms with Gasteiger partial charge in [-0.15, -0.1) is 0 Å². The van der Waals surface area contributed by atoms with Gasteiger partial charge in [-0.05, 0) is 37.7 Å². The van der Waals surface area contributed by atoms with E-state index >= 15 is 0 Å². The zero-order chi connectivity index (χ0) is 14.5. The molecule has 0 amide bonds. The first-order valence-corrected chi connectivity index (χ1v) is 7.16. The van der Waals surface area contributed by atoms with Crippen LogP contribution in [0.2, 0.25) is 5.02 Å². The van der Waals surface area contributed by atoms with Gasteiger partial charge in [0.1, 0.15) is 5.75 Å². The summed E-state index contributed by atoms with van der Waals surface area (Å²) in [6.45, 7) is 2.59. The number of hydrogen-bond acceptors (Lipinski definition) is 3. The minimum atomic E-state index is -2.82. The van der Waals surface area contributed by atoms with Gasteiger partial charge in [0, 0.05) is 29.7 Å². The maximum absolute atomic E-state index is 12.4. The van der Waals surface area contributed by atoms with Crippen LogP contribution >= 0.6 is 11.6 Å². The van der Waals surface area contributed by atoms with Gasteiger partial charge < -0.3 is 10.1 Å². The zero-order valence-corrected chi connectivity index (χ0v) is 12.2. The van der Waals surface area contributed by atoms with E-state index in [4.69, 9.17) is 11.6 Å². The van der Waals surface area contributed by atoms with Crippen LogP contribution in [0.4, 0.5) is 8.78 Å². The molecule has 1 unspecified atom stereocenters. The Morgan fingerprint density at radius 2 is 2.30 bits per heavy atom. The third-order valence-corrected chi connectivity index (χ3v) is 3.80. The molecule has 0 bridgehead atoms. The molecule has 1 aliphatic heterocycles. The monoisotopic (exact) mass is 304 g/mol. The number of alkyl halides is 2. The fourth-order valence-corrected chi connectivity index (χ4v) is 2.75. The molecule has 0 aromatic heterocycles. The van der Waals surface area contributed by atoms with E-state index in [0.717, 1.165) is 26.1 Å². The van der Waals surface area contributed by atoms with Crippen LogP contribution in [0, 0.1) is 0 Å². The molecule has 0 aliphatic carbocycles. The number of ether oxygens (including phenoxy) is 1. The summed E-state index contributed by atoms with van der Waals surface area (Å²) in [6.07, 6.45) is 1.07. The predicted octanol–water partition coefficient (Wildman–Crippen LogP) is 3.13. The molecule has 0 radical (unpaired) electrons. The number of nitrogens with one attached hydrogen (secondary N) is 1. The van der Waals surface area contributed by atoms with Crippen molar-refractivity contribution >= 4 is 11.6 Å². The number of benzene rings is 1. The summed E-state index contributed by atoms with van der Waals surface area (Å²) in [7, 11) is 0. The maximum atomic E-state index is 12.4. The SMILES string of the molecule is CCN(Cc1cc(Cl)ccc1OC(F)F)C1CCNC1. The predicted molar refractivity (Wildman–Crippen MR) is 75.4 cm³/mol. The second kappa shape index (κ2) is 7.20. The smallest absolute Gasteiger partial charge is 0.387 e. The molecule has 20 heavy (non-hydrogen) atoms.